The Labute approximate surface area is 119 Å². The monoisotopic (exact) mass is 346 g/mol. The number of nitrogens with zero attached hydrogens (tertiary/aromatic N) is 1. The molecule has 0 spiro atoms. The number of carbonyl (C=O) groups excluding carboxylic acids is 1. The summed E-state index contributed by atoms with van der Waals surface area (Å²) in [7, 11) is 0. The number of benzene rings is 1. The van der Waals surface area contributed by atoms with Gasteiger partial charge in [-0.1, -0.05) is 0 Å². The molecule has 2 N–H and O–H groups in total. The number of aromatic hydroxyl groups is 1. The molecule has 4 nitrogen and oxygen atoms in total. The molecule has 1 heterocycles. The van der Waals surface area contributed by atoms with Crippen LogP contribution in [0, 0.1) is 17.5 Å². The largest absolute Gasteiger partial charge is 0.503 e. The summed E-state index contributed by atoms with van der Waals surface area (Å²) in [6.45, 7) is 0. The zero-order valence-corrected chi connectivity index (χ0v) is 11.2. The van der Waals surface area contributed by atoms with Gasteiger partial charge in [-0.25, -0.2) is 13.8 Å². The van der Waals surface area contributed by atoms with Crippen LogP contribution in [0.4, 0.5) is 18.9 Å². The van der Waals surface area contributed by atoms with E-state index in [2.05, 4.69) is 26.2 Å². The van der Waals surface area contributed by atoms with Crippen LogP contribution in [0.3, 0.4) is 0 Å². The van der Waals surface area contributed by atoms with E-state index in [-0.39, 0.29) is 10.3 Å². The second-order valence-corrected chi connectivity index (χ2v) is 4.43. The Balaban J connectivity index is 2.38. The molecule has 0 aliphatic rings. The average Bonchev–Trinajstić information content (AvgIpc) is 2.43. The highest BCUT2D eigenvalue weighted by atomic mass is 79.9. The van der Waals surface area contributed by atoms with Crippen molar-refractivity contribution in [3.8, 4) is 5.75 Å². The number of aromatic nitrogens is 1. The predicted octanol–water partition coefficient (Wildman–Crippen LogP) is 3.22. The summed E-state index contributed by atoms with van der Waals surface area (Å²) in [5.74, 6) is -7.41. The molecule has 0 saturated heterocycles. The number of amides is 1. The summed E-state index contributed by atoms with van der Waals surface area (Å²) in [4.78, 5) is 15.6. The zero-order valence-electron chi connectivity index (χ0n) is 9.62. The maximum absolute atomic E-state index is 13.6. The third-order valence-electron chi connectivity index (χ3n) is 2.38. The van der Waals surface area contributed by atoms with Crippen LogP contribution in [0.1, 0.15) is 10.4 Å². The number of hydrogen-bond acceptors (Lipinski definition) is 3. The second-order valence-electron chi connectivity index (χ2n) is 3.68. The van der Waals surface area contributed by atoms with Crippen LogP contribution in [-0.4, -0.2) is 16.0 Å². The molecule has 104 valence electrons. The standard InChI is InChI=1S/C12H6BrF3N2O2/c13-11-7(2-1-3-17-11)18-12(20)5-4-6(14)9(16)10(19)8(5)15/h1-4,19H,(H,18,20). The van der Waals surface area contributed by atoms with Crippen LogP contribution >= 0.6 is 15.9 Å². The van der Waals surface area contributed by atoms with Crippen molar-refractivity contribution < 1.29 is 23.1 Å². The quantitative estimate of drug-likeness (QED) is 0.648. The first-order chi connectivity index (χ1) is 9.41. The van der Waals surface area contributed by atoms with E-state index in [0.29, 0.717) is 6.07 Å². The highest BCUT2D eigenvalue weighted by Gasteiger charge is 2.22. The first-order valence-corrected chi connectivity index (χ1v) is 5.99. The summed E-state index contributed by atoms with van der Waals surface area (Å²) >= 11 is 3.05. The minimum atomic E-state index is -1.75. The number of halogens is 4. The average molecular weight is 347 g/mol. The fourth-order valence-corrected chi connectivity index (χ4v) is 1.77. The molecule has 0 atom stereocenters. The van der Waals surface area contributed by atoms with Crippen molar-refractivity contribution >= 4 is 27.5 Å². The summed E-state index contributed by atoms with van der Waals surface area (Å²) in [6, 6.07) is 3.34. The molecular formula is C12H6BrF3N2O2. The number of nitrogens with one attached hydrogen (secondary N) is 1. The number of phenolic OH excluding ortho intramolecular Hbond substituents is 1. The highest BCUT2D eigenvalue weighted by molar-refractivity contribution is 9.10. The number of rotatable bonds is 2. The Morgan fingerprint density at radius 2 is 2.00 bits per heavy atom. The molecule has 0 fully saturated rings. The fraction of sp³-hybridized carbons (Fsp3) is 0. The van der Waals surface area contributed by atoms with Gasteiger partial charge in [0, 0.05) is 6.20 Å². The lowest BCUT2D eigenvalue weighted by molar-refractivity contribution is 0.102. The molecule has 2 aromatic rings. The molecule has 0 unspecified atom stereocenters. The van der Waals surface area contributed by atoms with Crippen LogP contribution in [-0.2, 0) is 0 Å². The zero-order chi connectivity index (χ0) is 14.9. The molecule has 2 rings (SSSR count). The molecule has 0 bridgehead atoms. The van der Waals surface area contributed by atoms with E-state index in [4.69, 9.17) is 5.11 Å². The van der Waals surface area contributed by atoms with Gasteiger partial charge in [0.15, 0.2) is 17.4 Å². The van der Waals surface area contributed by atoms with Crippen molar-refractivity contribution in [3.05, 3.63) is 52.0 Å². The van der Waals surface area contributed by atoms with Crippen molar-refractivity contribution in [2.45, 2.75) is 0 Å². The number of anilines is 1. The SMILES string of the molecule is O=C(Nc1cccnc1Br)c1cc(F)c(F)c(O)c1F. The molecule has 1 aromatic heterocycles. The Kier molecular flexibility index (Phi) is 3.93. The number of carbonyl (C=O) groups is 1. The number of hydrogen-bond donors (Lipinski definition) is 2. The smallest absolute Gasteiger partial charge is 0.258 e. The Morgan fingerprint density at radius 3 is 2.65 bits per heavy atom. The van der Waals surface area contributed by atoms with Crippen molar-refractivity contribution in [2.24, 2.45) is 0 Å². The Morgan fingerprint density at radius 1 is 1.30 bits per heavy atom. The van der Waals surface area contributed by atoms with Gasteiger partial charge in [0.2, 0.25) is 5.82 Å². The van der Waals surface area contributed by atoms with Crippen LogP contribution in [0.5, 0.6) is 5.75 Å². The van der Waals surface area contributed by atoms with Crippen LogP contribution in [0.2, 0.25) is 0 Å². The summed E-state index contributed by atoms with van der Waals surface area (Å²) in [5.41, 5.74) is -0.613. The van der Waals surface area contributed by atoms with E-state index in [1.807, 2.05) is 0 Å². The molecular weight excluding hydrogens is 341 g/mol. The molecule has 20 heavy (non-hydrogen) atoms. The van der Waals surface area contributed by atoms with Gasteiger partial charge < -0.3 is 10.4 Å². The summed E-state index contributed by atoms with van der Waals surface area (Å²) in [5, 5.41) is 11.3. The first-order valence-electron chi connectivity index (χ1n) is 5.20. The minimum Gasteiger partial charge on any atom is -0.503 e. The van der Waals surface area contributed by atoms with Crippen LogP contribution in [0.15, 0.2) is 29.0 Å². The lowest BCUT2D eigenvalue weighted by Crippen LogP contribution is -2.15. The van der Waals surface area contributed by atoms with Crippen molar-refractivity contribution in [3.63, 3.8) is 0 Å². The summed E-state index contributed by atoms with van der Waals surface area (Å²) < 4.78 is 39.8. The summed E-state index contributed by atoms with van der Waals surface area (Å²) in [6.07, 6.45) is 1.45. The van der Waals surface area contributed by atoms with Crippen LogP contribution < -0.4 is 5.32 Å². The number of phenols is 1. The highest BCUT2D eigenvalue weighted by Crippen LogP contribution is 2.27. The third-order valence-corrected chi connectivity index (χ3v) is 3.02. The van der Waals surface area contributed by atoms with Gasteiger partial charge in [-0.15, -0.1) is 0 Å². The van der Waals surface area contributed by atoms with E-state index in [9.17, 15) is 18.0 Å². The Hall–Kier alpha value is -2.09. The maximum atomic E-state index is 13.6. The normalized spacial score (nSPS) is 10.4. The Bertz CT molecular complexity index is 695. The molecule has 1 amide bonds. The van der Waals surface area contributed by atoms with Gasteiger partial charge in [0.25, 0.3) is 5.91 Å². The van der Waals surface area contributed by atoms with Gasteiger partial charge in [-0.3, -0.25) is 4.79 Å². The maximum Gasteiger partial charge on any atom is 0.258 e. The molecule has 0 saturated carbocycles. The van der Waals surface area contributed by atoms with Crippen molar-refractivity contribution in [1.82, 2.24) is 4.98 Å². The van der Waals surface area contributed by atoms with E-state index in [1.165, 1.54) is 18.3 Å². The van der Waals surface area contributed by atoms with E-state index in [1.54, 1.807) is 0 Å². The predicted molar refractivity (Wildman–Crippen MR) is 67.9 cm³/mol. The van der Waals surface area contributed by atoms with Gasteiger partial charge in [-0.05, 0) is 34.1 Å². The second kappa shape index (κ2) is 5.49. The lowest BCUT2D eigenvalue weighted by atomic mass is 10.1. The van der Waals surface area contributed by atoms with E-state index >= 15 is 0 Å². The minimum absolute atomic E-state index is 0.209. The molecule has 0 aliphatic carbocycles. The molecule has 1 aromatic carbocycles. The number of pyridine rings is 1. The van der Waals surface area contributed by atoms with Crippen molar-refractivity contribution in [1.29, 1.82) is 0 Å². The van der Waals surface area contributed by atoms with Gasteiger partial charge >= 0.3 is 0 Å². The lowest BCUT2D eigenvalue weighted by Gasteiger charge is -2.08. The van der Waals surface area contributed by atoms with Gasteiger partial charge in [0.05, 0.1) is 11.3 Å². The third kappa shape index (κ3) is 2.60. The van der Waals surface area contributed by atoms with Gasteiger partial charge in [-0.2, -0.15) is 4.39 Å². The molecule has 0 aliphatic heterocycles. The van der Waals surface area contributed by atoms with Crippen LogP contribution in [0.25, 0.3) is 0 Å². The van der Waals surface area contributed by atoms with E-state index in [0.717, 1.165) is 0 Å². The topological polar surface area (TPSA) is 62.2 Å². The molecule has 0 radical (unpaired) electrons. The van der Waals surface area contributed by atoms with E-state index < -0.39 is 34.7 Å². The fourth-order valence-electron chi connectivity index (χ4n) is 1.42. The van der Waals surface area contributed by atoms with Crippen molar-refractivity contribution in [2.75, 3.05) is 5.32 Å². The molecule has 8 heteroatoms. The van der Waals surface area contributed by atoms with Gasteiger partial charge in [0.1, 0.15) is 4.60 Å². The first kappa shape index (κ1) is 14.3.